The zero-order valence-corrected chi connectivity index (χ0v) is 17.8. The summed E-state index contributed by atoms with van der Waals surface area (Å²) in [7, 11) is 0. The molecule has 0 aliphatic heterocycles. The fourth-order valence-electron chi connectivity index (χ4n) is 2.73. The van der Waals surface area contributed by atoms with Gasteiger partial charge in [0.15, 0.2) is 0 Å². The minimum absolute atomic E-state index is 0.0354. The van der Waals surface area contributed by atoms with Crippen LogP contribution >= 0.6 is 27.3 Å². The molecular weight excluding hydrogens is 475 g/mol. The summed E-state index contributed by atoms with van der Waals surface area (Å²) in [5.41, 5.74) is 5.25. The maximum atomic E-state index is 13.1. The molecule has 3 N–H and O–H groups in total. The normalized spacial score (nSPS) is 12.9. The van der Waals surface area contributed by atoms with Gasteiger partial charge in [0.1, 0.15) is 21.4 Å². The third-order valence-corrected chi connectivity index (χ3v) is 6.13. The number of nitrogens with one attached hydrogen (secondary N) is 1. The molecule has 0 spiro atoms. The van der Waals surface area contributed by atoms with Gasteiger partial charge in [0.25, 0.3) is 5.91 Å². The number of nitrogens with two attached hydrogens (primary N) is 1. The average Bonchev–Trinajstić information content (AvgIpc) is 3.14. The zero-order chi connectivity index (χ0) is 21.7. The lowest BCUT2D eigenvalue weighted by Gasteiger charge is -2.14. The number of pyridine rings is 1. The van der Waals surface area contributed by atoms with Gasteiger partial charge in [-0.3, -0.25) is 14.3 Å². The number of rotatable bonds is 4. The number of hydrogen-bond donors (Lipinski definition) is 2. The Bertz CT molecular complexity index is 1120. The average molecular weight is 490 g/mol. The fraction of sp³-hybridized carbons (Fsp3) is 0.294. The van der Waals surface area contributed by atoms with E-state index < -0.39 is 29.7 Å². The molecule has 3 aromatic rings. The van der Waals surface area contributed by atoms with Crippen molar-refractivity contribution in [2.45, 2.75) is 33.0 Å². The summed E-state index contributed by atoms with van der Waals surface area (Å²) in [5, 5.41) is 7.08. The lowest BCUT2D eigenvalue weighted by molar-refractivity contribution is -0.141. The molecule has 0 bridgehead atoms. The molecule has 0 aliphatic carbocycles. The quantitative estimate of drug-likeness (QED) is 0.573. The highest BCUT2D eigenvalue weighted by Gasteiger charge is 2.34. The maximum absolute atomic E-state index is 13.1. The molecule has 3 aromatic heterocycles. The molecular formula is C17H15BrF3N5O2S. The fourth-order valence-corrected chi connectivity index (χ4v) is 4.07. The van der Waals surface area contributed by atoms with Crippen LogP contribution in [0.15, 0.2) is 16.7 Å². The van der Waals surface area contributed by atoms with Gasteiger partial charge in [-0.25, -0.2) is 4.98 Å². The van der Waals surface area contributed by atoms with E-state index in [1.54, 1.807) is 20.0 Å². The molecule has 0 fully saturated rings. The molecule has 0 saturated heterocycles. The number of aryl methyl sites for hydroxylation is 2. The van der Waals surface area contributed by atoms with E-state index >= 15 is 0 Å². The number of primary amides is 1. The Kier molecular flexibility index (Phi) is 5.43. The van der Waals surface area contributed by atoms with E-state index in [0.29, 0.717) is 17.0 Å². The molecule has 29 heavy (non-hydrogen) atoms. The second kappa shape index (κ2) is 7.41. The number of carbonyl (C=O) groups is 2. The van der Waals surface area contributed by atoms with E-state index in [9.17, 15) is 22.8 Å². The number of anilines is 1. The number of aromatic nitrogens is 3. The highest BCUT2D eigenvalue weighted by molar-refractivity contribution is 9.10. The SMILES string of the molecule is Cc1nn(C(C)C(=O)Nc2c(C(N)=O)sc3nc(C(F)(F)F)cc(C)c23)cc1Br. The number of carbonyl (C=O) groups excluding carboxylic acids is 2. The van der Waals surface area contributed by atoms with Crippen molar-refractivity contribution in [2.24, 2.45) is 5.73 Å². The molecule has 154 valence electrons. The van der Waals surface area contributed by atoms with Gasteiger partial charge < -0.3 is 11.1 Å². The topological polar surface area (TPSA) is 103 Å². The Morgan fingerprint density at radius 1 is 1.34 bits per heavy atom. The van der Waals surface area contributed by atoms with E-state index in [1.807, 2.05) is 0 Å². The van der Waals surface area contributed by atoms with Gasteiger partial charge in [-0.05, 0) is 48.3 Å². The number of alkyl halides is 3. The molecule has 0 radical (unpaired) electrons. The molecule has 12 heteroatoms. The molecule has 0 saturated carbocycles. The van der Waals surface area contributed by atoms with E-state index in [0.717, 1.165) is 10.5 Å². The Morgan fingerprint density at radius 2 is 2.00 bits per heavy atom. The smallest absolute Gasteiger partial charge is 0.365 e. The number of fused-ring (bicyclic) bond motifs is 1. The van der Waals surface area contributed by atoms with Crippen molar-refractivity contribution < 1.29 is 22.8 Å². The first-order valence-corrected chi connectivity index (χ1v) is 9.84. The van der Waals surface area contributed by atoms with Crippen molar-refractivity contribution in [1.29, 1.82) is 0 Å². The van der Waals surface area contributed by atoms with Crippen LogP contribution in [-0.2, 0) is 11.0 Å². The first-order valence-electron chi connectivity index (χ1n) is 8.23. The molecule has 7 nitrogen and oxygen atoms in total. The van der Waals surface area contributed by atoms with Crippen molar-refractivity contribution in [2.75, 3.05) is 5.32 Å². The predicted molar refractivity (Wildman–Crippen MR) is 106 cm³/mol. The highest BCUT2D eigenvalue weighted by Crippen LogP contribution is 2.40. The maximum Gasteiger partial charge on any atom is 0.433 e. The van der Waals surface area contributed by atoms with Gasteiger partial charge >= 0.3 is 6.18 Å². The third kappa shape index (κ3) is 3.99. The monoisotopic (exact) mass is 489 g/mol. The Hall–Kier alpha value is -2.47. The lowest BCUT2D eigenvalue weighted by Crippen LogP contribution is -2.25. The molecule has 3 rings (SSSR count). The van der Waals surface area contributed by atoms with Gasteiger partial charge in [0, 0.05) is 11.6 Å². The molecule has 2 amide bonds. The Labute approximate surface area is 175 Å². The van der Waals surface area contributed by atoms with Crippen LogP contribution in [-0.4, -0.2) is 26.6 Å². The predicted octanol–water partition coefficient (Wildman–Crippen LogP) is 4.19. The van der Waals surface area contributed by atoms with Crippen molar-refractivity contribution >= 4 is 55.0 Å². The summed E-state index contributed by atoms with van der Waals surface area (Å²) in [5.74, 6) is -1.39. The van der Waals surface area contributed by atoms with Crippen LogP contribution in [0.1, 0.15) is 39.6 Å². The molecule has 1 atom stereocenters. The first kappa shape index (κ1) is 21.2. The molecule has 3 heterocycles. The van der Waals surface area contributed by atoms with Crippen LogP contribution in [0.4, 0.5) is 18.9 Å². The van der Waals surface area contributed by atoms with Gasteiger partial charge in [0.05, 0.1) is 15.9 Å². The summed E-state index contributed by atoms with van der Waals surface area (Å²) in [4.78, 5) is 28.1. The van der Waals surface area contributed by atoms with E-state index in [2.05, 4.69) is 31.3 Å². The minimum atomic E-state index is -4.64. The minimum Gasteiger partial charge on any atom is -0.365 e. The highest BCUT2D eigenvalue weighted by atomic mass is 79.9. The van der Waals surface area contributed by atoms with Crippen LogP contribution in [0, 0.1) is 13.8 Å². The number of thiophene rings is 1. The van der Waals surface area contributed by atoms with Crippen LogP contribution in [0.5, 0.6) is 0 Å². The van der Waals surface area contributed by atoms with Crippen LogP contribution in [0.2, 0.25) is 0 Å². The lowest BCUT2D eigenvalue weighted by atomic mass is 10.1. The third-order valence-electron chi connectivity index (χ3n) is 4.25. The molecule has 0 aromatic carbocycles. The number of halogens is 4. The number of amides is 2. The van der Waals surface area contributed by atoms with Crippen molar-refractivity contribution in [3.05, 3.63) is 38.6 Å². The van der Waals surface area contributed by atoms with E-state index in [-0.39, 0.29) is 26.3 Å². The largest absolute Gasteiger partial charge is 0.433 e. The van der Waals surface area contributed by atoms with Crippen LogP contribution in [0.3, 0.4) is 0 Å². The summed E-state index contributed by atoms with van der Waals surface area (Å²) in [6.45, 7) is 4.80. The Morgan fingerprint density at radius 3 is 2.52 bits per heavy atom. The van der Waals surface area contributed by atoms with Crippen molar-refractivity contribution in [1.82, 2.24) is 14.8 Å². The van der Waals surface area contributed by atoms with E-state index in [4.69, 9.17) is 5.73 Å². The van der Waals surface area contributed by atoms with Gasteiger partial charge in [-0.2, -0.15) is 18.3 Å². The van der Waals surface area contributed by atoms with Crippen molar-refractivity contribution in [3.63, 3.8) is 0 Å². The van der Waals surface area contributed by atoms with Crippen LogP contribution < -0.4 is 11.1 Å². The summed E-state index contributed by atoms with van der Waals surface area (Å²) < 4.78 is 41.4. The molecule has 1 unspecified atom stereocenters. The van der Waals surface area contributed by atoms with Gasteiger partial charge in [-0.15, -0.1) is 11.3 Å². The van der Waals surface area contributed by atoms with Gasteiger partial charge in [-0.1, -0.05) is 0 Å². The van der Waals surface area contributed by atoms with Crippen LogP contribution in [0.25, 0.3) is 10.2 Å². The second-order valence-electron chi connectivity index (χ2n) is 6.38. The number of nitrogens with zero attached hydrogens (tertiary/aromatic N) is 3. The van der Waals surface area contributed by atoms with E-state index in [1.165, 1.54) is 11.6 Å². The summed E-state index contributed by atoms with van der Waals surface area (Å²) in [6, 6.07) is 0.116. The first-order chi connectivity index (χ1) is 13.4. The Balaban J connectivity index is 2.06. The second-order valence-corrected chi connectivity index (χ2v) is 8.23. The number of hydrogen-bond acceptors (Lipinski definition) is 5. The summed E-state index contributed by atoms with van der Waals surface area (Å²) in [6.07, 6.45) is -3.01. The summed E-state index contributed by atoms with van der Waals surface area (Å²) >= 11 is 4.02. The molecule has 0 aliphatic rings. The van der Waals surface area contributed by atoms with Gasteiger partial charge in [0.2, 0.25) is 5.91 Å². The van der Waals surface area contributed by atoms with Crippen molar-refractivity contribution in [3.8, 4) is 0 Å². The zero-order valence-electron chi connectivity index (χ0n) is 15.4. The standard InChI is InChI=1S/C17H15BrF3N5O2S/c1-6-4-10(17(19,20)21)23-16-11(6)12(13(29-16)14(22)27)24-15(28)8(3)26-5-9(18)7(2)25-26/h4-5,8H,1-3H3,(H2,22,27)(H,24,28).